The van der Waals surface area contributed by atoms with Crippen molar-refractivity contribution >= 4 is 22.5 Å². The van der Waals surface area contributed by atoms with Crippen molar-refractivity contribution in [1.82, 2.24) is 10.3 Å². The molecule has 0 aliphatic rings. The number of anilines is 1. The fourth-order valence-corrected chi connectivity index (χ4v) is 2.07. The molecule has 0 saturated heterocycles. The maximum absolute atomic E-state index is 11.7. The zero-order valence-electron chi connectivity index (χ0n) is 10.9. The highest BCUT2D eigenvalue weighted by atomic mass is 32.2. The van der Waals surface area contributed by atoms with Crippen LogP contribution in [-0.2, 0) is 10.8 Å². The lowest BCUT2D eigenvalue weighted by molar-refractivity contribution is 0.252. The van der Waals surface area contributed by atoms with Crippen molar-refractivity contribution in [3.63, 3.8) is 0 Å². The van der Waals surface area contributed by atoms with Crippen LogP contribution < -0.4 is 10.6 Å². The maximum atomic E-state index is 11.7. The van der Waals surface area contributed by atoms with Crippen molar-refractivity contribution in [2.75, 3.05) is 17.6 Å². The van der Waals surface area contributed by atoms with Gasteiger partial charge in [-0.1, -0.05) is 0 Å². The summed E-state index contributed by atoms with van der Waals surface area (Å²) >= 11 is 0. The van der Waals surface area contributed by atoms with Gasteiger partial charge in [0, 0.05) is 45.9 Å². The number of urea groups is 1. The van der Waals surface area contributed by atoms with Gasteiger partial charge >= 0.3 is 6.03 Å². The highest BCUT2D eigenvalue weighted by Gasteiger charge is 2.18. The van der Waals surface area contributed by atoms with Crippen LogP contribution in [0.3, 0.4) is 0 Å². The summed E-state index contributed by atoms with van der Waals surface area (Å²) < 4.78 is 11.5. The van der Waals surface area contributed by atoms with E-state index in [1.807, 2.05) is 20.8 Å². The van der Waals surface area contributed by atoms with Crippen molar-refractivity contribution in [2.24, 2.45) is 0 Å². The van der Waals surface area contributed by atoms with Gasteiger partial charge in [-0.2, -0.15) is 0 Å². The van der Waals surface area contributed by atoms with Crippen molar-refractivity contribution < 1.29 is 9.00 Å². The van der Waals surface area contributed by atoms with Gasteiger partial charge in [0.05, 0.1) is 0 Å². The molecule has 5 nitrogen and oxygen atoms in total. The minimum atomic E-state index is -0.953. The molecule has 1 aromatic heterocycles. The Labute approximate surface area is 110 Å². The number of hydrogen-bond acceptors (Lipinski definition) is 3. The van der Waals surface area contributed by atoms with Gasteiger partial charge in [-0.3, -0.25) is 9.19 Å². The fourth-order valence-electron chi connectivity index (χ4n) is 1.17. The SMILES string of the molecule is CC(C)(C)[S@](=O)CCNC(=O)Nc1ccncc1. The van der Waals surface area contributed by atoms with Crippen LogP contribution >= 0.6 is 0 Å². The molecule has 0 aliphatic heterocycles. The van der Waals surface area contributed by atoms with E-state index < -0.39 is 10.8 Å². The number of nitrogens with one attached hydrogen (secondary N) is 2. The van der Waals surface area contributed by atoms with E-state index in [1.54, 1.807) is 24.5 Å². The first-order chi connectivity index (χ1) is 8.39. The second kappa shape index (κ2) is 6.49. The molecule has 1 rings (SSSR count). The summed E-state index contributed by atoms with van der Waals surface area (Å²) in [5.41, 5.74) is 0.680. The molecule has 1 atom stereocenters. The second-order valence-electron chi connectivity index (χ2n) is 4.78. The molecule has 0 radical (unpaired) electrons. The van der Waals surface area contributed by atoms with Crippen LogP contribution in [0, 0.1) is 0 Å². The Morgan fingerprint density at radius 2 is 1.94 bits per heavy atom. The Hall–Kier alpha value is -1.43. The third-order valence-electron chi connectivity index (χ3n) is 2.19. The number of carbonyl (C=O) groups is 1. The highest BCUT2D eigenvalue weighted by molar-refractivity contribution is 7.86. The maximum Gasteiger partial charge on any atom is 0.319 e. The van der Waals surface area contributed by atoms with Gasteiger partial charge in [-0.15, -0.1) is 0 Å². The zero-order valence-corrected chi connectivity index (χ0v) is 11.7. The van der Waals surface area contributed by atoms with E-state index in [0.717, 1.165) is 0 Å². The summed E-state index contributed by atoms with van der Waals surface area (Å²) in [7, 11) is -0.953. The number of rotatable bonds is 4. The molecule has 6 heteroatoms. The molecule has 18 heavy (non-hydrogen) atoms. The van der Waals surface area contributed by atoms with Crippen LogP contribution in [0.1, 0.15) is 20.8 Å². The molecule has 1 aromatic rings. The molecule has 0 spiro atoms. The number of hydrogen-bond donors (Lipinski definition) is 2. The number of nitrogens with zero attached hydrogens (tertiary/aromatic N) is 1. The molecule has 1 heterocycles. The van der Waals surface area contributed by atoms with Crippen LogP contribution in [0.25, 0.3) is 0 Å². The van der Waals surface area contributed by atoms with Gasteiger partial charge in [0.15, 0.2) is 0 Å². The first kappa shape index (κ1) is 14.6. The molecule has 0 aromatic carbocycles. The monoisotopic (exact) mass is 269 g/mol. The number of amides is 2. The highest BCUT2D eigenvalue weighted by Crippen LogP contribution is 2.10. The van der Waals surface area contributed by atoms with E-state index in [0.29, 0.717) is 18.0 Å². The lowest BCUT2D eigenvalue weighted by atomic mass is 10.3. The minimum Gasteiger partial charge on any atom is -0.337 e. The standard InChI is InChI=1S/C12H19N3O2S/c1-12(2,3)18(17)9-8-14-11(16)15-10-4-6-13-7-5-10/h4-7H,8-9H2,1-3H3,(H2,13,14,15,16)/t18-/m1/s1. The molecular weight excluding hydrogens is 250 g/mol. The average Bonchev–Trinajstić information content (AvgIpc) is 2.28. The summed E-state index contributed by atoms with van der Waals surface area (Å²) in [6, 6.07) is 3.10. The summed E-state index contributed by atoms with van der Waals surface area (Å²) in [6.07, 6.45) is 3.20. The summed E-state index contributed by atoms with van der Waals surface area (Å²) in [4.78, 5) is 15.4. The van der Waals surface area contributed by atoms with Gasteiger partial charge in [-0.05, 0) is 32.9 Å². The molecule has 0 bridgehead atoms. The third kappa shape index (κ3) is 5.27. The molecule has 0 unspecified atom stereocenters. The van der Waals surface area contributed by atoms with Gasteiger partial charge in [0.1, 0.15) is 0 Å². The van der Waals surface area contributed by atoms with Crippen LogP contribution in [0.4, 0.5) is 10.5 Å². The van der Waals surface area contributed by atoms with Crippen molar-refractivity contribution in [2.45, 2.75) is 25.5 Å². The van der Waals surface area contributed by atoms with Gasteiger partial charge in [-0.25, -0.2) is 4.79 Å². The third-order valence-corrected chi connectivity index (χ3v) is 4.14. The van der Waals surface area contributed by atoms with Crippen LogP contribution in [0.2, 0.25) is 0 Å². The molecule has 2 N–H and O–H groups in total. The van der Waals surface area contributed by atoms with E-state index in [-0.39, 0.29) is 10.8 Å². The summed E-state index contributed by atoms with van der Waals surface area (Å²) in [5, 5.41) is 5.34. The number of pyridine rings is 1. The van der Waals surface area contributed by atoms with Crippen molar-refractivity contribution in [3.8, 4) is 0 Å². The molecule has 100 valence electrons. The Balaban J connectivity index is 2.28. The molecular formula is C12H19N3O2S. The molecule has 0 fully saturated rings. The second-order valence-corrected chi connectivity index (χ2v) is 7.10. The Morgan fingerprint density at radius 1 is 1.33 bits per heavy atom. The zero-order chi connectivity index (χ0) is 13.6. The van der Waals surface area contributed by atoms with Crippen LogP contribution in [0.5, 0.6) is 0 Å². The van der Waals surface area contributed by atoms with Crippen molar-refractivity contribution in [3.05, 3.63) is 24.5 Å². The van der Waals surface area contributed by atoms with E-state index in [2.05, 4.69) is 15.6 Å². The molecule has 0 saturated carbocycles. The normalized spacial score (nSPS) is 12.8. The summed E-state index contributed by atoms with van der Waals surface area (Å²) in [5.74, 6) is 0.452. The smallest absolute Gasteiger partial charge is 0.319 e. The topological polar surface area (TPSA) is 71.1 Å². The predicted molar refractivity (Wildman–Crippen MR) is 74.0 cm³/mol. The Morgan fingerprint density at radius 3 is 2.50 bits per heavy atom. The minimum absolute atomic E-state index is 0.247. The van der Waals surface area contributed by atoms with Gasteiger partial charge in [0.25, 0.3) is 0 Å². The average molecular weight is 269 g/mol. The molecule has 0 aliphatic carbocycles. The van der Waals surface area contributed by atoms with Crippen LogP contribution in [0.15, 0.2) is 24.5 Å². The van der Waals surface area contributed by atoms with E-state index >= 15 is 0 Å². The number of carbonyl (C=O) groups excluding carboxylic acids is 1. The Bertz CT molecular complexity index is 415. The molecule has 2 amide bonds. The largest absolute Gasteiger partial charge is 0.337 e. The van der Waals surface area contributed by atoms with Gasteiger partial charge in [0.2, 0.25) is 0 Å². The first-order valence-electron chi connectivity index (χ1n) is 5.73. The van der Waals surface area contributed by atoms with Crippen molar-refractivity contribution in [1.29, 1.82) is 0 Å². The first-order valence-corrected chi connectivity index (χ1v) is 7.05. The fraction of sp³-hybridized carbons (Fsp3) is 0.500. The Kier molecular flexibility index (Phi) is 5.27. The number of aromatic nitrogens is 1. The summed E-state index contributed by atoms with van der Waals surface area (Å²) in [6.45, 7) is 6.14. The quantitative estimate of drug-likeness (QED) is 0.874. The van der Waals surface area contributed by atoms with Gasteiger partial charge < -0.3 is 10.6 Å². The van der Waals surface area contributed by atoms with E-state index in [1.165, 1.54) is 0 Å². The van der Waals surface area contributed by atoms with Crippen LogP contribution in [-0.4, -0.2) is 32.3 Å². The lowest BCUT2D eigenvalue weighted by Crippen LogP contribution is -2.35. The van der Waals surface area contributed by atoms with E-state index in [9.17, 15) is 9.00 Å². The predicted octanol–water partition coefficient (Wildman–Crippen LogP) is 1.75. The van der Waals surface area contributed by atoms with E-state index in [4.69, 9.17) is 0 Å². The lowest BCUT2D eigenvalue weighted by Gasteiger charge is -2.17.